The molecule has 0 bridgehead atoms. The summed E-state index contributed by atoms with van der Waals surface area (Å²) in [5.74, 6) is 1.82. The molecule has 0 unspecified atom stereocenters. The molecule has 2 N–H and O–H groups in total. The van der Waals surface area contributed by atoms with Crippen molar-refractivity contribution in [2.75, 3.05) is 0 Å². The number of aliphatic hydroxyl groups is 1. The number of carbonyl (C=O) groups excluding carboxylic acids is 1. The molecule has 3 aromatic rings. The Morgan fingerprint density at radius 1 is 1.17 bits per heavy atom. The Labute approximate surface area is 169 Å². The van der Waals surface area contributed by atoms with Crippen LogP contribution >= 0.6 is 0 Å². The van der Waals surface area contributed by atoms with E-state index in [0.717, 1.165) is 71.5 Å². The first kappa shape index (κ1) is 18.4. The summed E-state index contributed by atoms with van der Waals surface area (Å²) >= 11 is 0. The Kier molecular flexibility index (Phi) is 4.42. The molecule has 1 aliphatic heterocycles. The number of aliphatic hydroxyl groups excluding tert-OH is 1. The minimum absolute atomic E-state index is 0.0516. The summed E-state index contributed by atoms with van der Waals surface area (Å²) in [6.07, 6.45) is 4.56. The predicted octanol–water partition coefficient (Wildman–Crippen LogP) is 3.74. The van der Waals surface area contributed by atoms with Gasteiger partial charge in [-0.2, -0.15) is 0 Å². The number of imidazole rings is 1. The molecule has 3 heterocycles. The van der Waals surface area contributed by atoms with Gasteiger partial charge < -0.3 is 19.5 Å². The van der Waals surface area contributed by atoms with Crippen LogP contribution in [0.1, 0.15) is 67.9 Å². The molecule has 5 rings (SSSR count). The zero-order valence-electron chi connectivity index (χ0n) is 16.8. The maximum atomic E-state index is 11.9. The van der Waals surface area contributed by atoms with Crippen molar-refractivity contribution in [1.82, 2.24) is 20.0 Å². The number of fused-ring (bicyclic) bond motifs is 1. The fourth-order valence-corrected chi connectivity index (χ4v) is 4.92. The number of nitrogens with one attached hydrogen (secondary N) is 1. The summed E-state index contributed by atoms with van der Waals surface area (Å²) in [4.78, 5) is 16.8. The first-order valence-corrected chi connectivity index (χ1v) is 10.4. The number of rotatable bonds is 3. The largest absolute Gasteiger partial charge is 0.393 e. The molecule has 7 heteroatoms. The number of hydrogen-bond acceptors (Lipinski definition) is 5. The van der Waals surface area contributed by atoms with E-state index in [9.17, 15) is 9.90 Å². The molecule has 0 spiro atoms. The van der Waals surface area contributed by atoms with Crippen LogP contribution in [0.15, 0.2) is 22.7 Å². The van der Waals surface area contributed by atoms with Crippen molar-refractivity contribution < 1.29 is 14.4 Å². The molecule has 29 heavy (non-hydrogen) atoms. The topological polar surface area (TPSA) is 93.2 Å². The summed E-state index contributed by atoms with van der Waals surface area (Å²) in [7, 11) is 0. The Hall–Kier alpha value is -2.67. The van der Waals surface area contributed by atoms with Crippen molar-refractivity contribution in [3.05, 3.63) is 35.5 Å². The maximum absolute atomic E-state index is 11.9. The van der Waals surface area contributed by atoms with Crippen LogP contribution in [-0.4, -0.2) is 31.8 Å². The van der Waals surface area contributed by atoms with E-state index in [-0.39, 0.29) is 18.1 Å². The lowest BCUT2D eigenvalue weighted by atomic mass is 9.92. The van der Waals surface area contributed by atoms with Gasteiger partial charge in [0.05, 0.1) is 28.9 Å². The second-order valence-corrected chi connectivity index (χ2v) is 8.36. The van der Waals surface area contributed by atoms with E-state index in [4.69, 9.17) is 9.51 Å². The van der Waals surface area contributed by atoms with Crippen LogP contribution in [0.4, 0.5) is 0 Å². The SMILES string of the molecule is Cc1noc(C)c1-c1ccc2c(c1)nc([C@@H]1CCC(=O)N1)n2C1CCC(O)CC1. The van der Waals surface area contributed by atoms with Crippen molar-refractivity contribution in [3.63, 3.8) is 0 Å². The fourth-order valence-electron chi connectivity index (χ4n) is 4.92. The highest BCUT2D eigenvalue weighted by atomic mass is 16.5. The van der Waals surface area contributed by atoms with Gasteiger partial charge >= 0.3 is 0 Å². The molecule has 1 atom stereocenters. The minimum atomic E-state index is -0.207. The first-order chi connectivity index (χ1) is 14.0. The van der Waals surface area contributed by atoms with E-state index >= 15 is 0 Å². The number of hydrogen-bond donors (Lipinski definition) is 2. The van der Waals surface area contributed by atoms with Crippen molar-refractivity contribution in [2.45, 2.75) is 70.6 Å². The number of amides is 1. The van der Waals surface area contributed by atoms with E-state index in [1.807, 2.05) is 13.8 Å². The smallest absolute Gasteiger partial charge is 0.220 e. The van der Waals surface area contributed by atoms with Crippen LogP contribution < -0.4 is 5.32 Å². The molecular formula is C22H26N4O3. The van der Waals surface area contributed by atoms with Gasteiger partial charge in [-0.3, -0.25) is 4.79 Å². The molecule has 7 nitrogen and oxygen atoms in total. The second kappa shape index (κ2) is 6.99. The third kappa shape index (κ3) is 3.13. The Morgan fingerprint density at radius 3 is 2.62 bits per heavy atom. The average molecular weight is 394 g/mol. The number of aromatic nitrogens is 3. The summed E-state index contributed by atoms with van der Waals surface area (Å²) < 4.78 is 7.66. The summed E-state index contributed by atoms with van der Waals surface area (Å²) in [6, 6.07) is 6.55. The number of benzene rings is 1. The van der Waals surface area contributed by atoms with Crippen molar-refractivity contribution in [3.8, 4) is 11.1 Å². The highest BCUT2D eigenvalue weighted by Gasteiger charge is 2.31. The Morgan fingerprint density at radius 2 is 1.97 bits per heavy atom. The van der Waals surface area contributed by atoms with E-state index in [1.54, 1.807) is 0 Å². The van der Waals surface area contributed by atoms with Crippen LogP contribution in [0.5, 0.6) is 0 Å². The van der Waals surface area contributed by atoms with E-state index in [2.05, 4.69) is 33.2 Å². The van der Waals surface area contributed by atoms with Gasteiger partial charge in [0.1, 0.15) is 11.6 Å². The van der Waals surface area contributed by atoms with Gasteiger partial charge in [0.15, 0.2) is 0 Å². The molecule has 1 saturated heterocycles. The lowest BCUT2D eigenvalue weighted by molar-refractivity contribution is -0.119. The van der Waals surface area contributed by atoms with Crippen molar-refractivity contribution in [2.24, 2.45) is 0 Å². The van der Waals surface area contributed by atoms with E-state index < -0.39 is 0 Å². The van der Waals surface area contributed by atoms with Gasteiger partial charge in [0.2, 0.25) is 5.91 Å². The monoisotopic (exact) mass is 394 g/mol. The van der Waals surface area contributed by atoms with Crippen molar-refractivity contribution >= 4 is 16.9 Å². The second-order valence-electron chi connectivity index (χ2n) is 8.36. The van der Waals surface area contributed by atoms with Crippen LogP contribution in [0.2, 0.25) is 0 Å². The molecule has 1 saturated carbocycles. The summed E-state index contributed by atoms with van der Waals surface area (Å²) in [6.45, 7) is 3.87. The van der Waals surface area contributed by atoms with Gasteiger partial charge in [0.25, 0.3) is 0 Å². The van der Waals surface area contributed by atoms with Crippen LogP contribution in [-0.2, 0) is 4.79 Å². The maximum Gasteiger partial charge on any atom is 0.220 e. The minimum Gasteiger partial charge on any atom is -0.393 e. The van der Waals surface area contributed by atoms with Gasteiger partial charge in [-0.1, -0.05) is 11.2 Å². The number of carbonyl (C=O) groups is 1. The fraction of sp³-hybridized carbons (Fsp3) is 0.500. The Bertz CT molecular complexity index is 1060. The zero-order valence-corrected chi connectivity index (χ0v) is 16.8. The highest BCUT2D eigenvalue weighted by molar-refractivity contribution is 5.84. The number of nitrogens with zero attached hydrogens (tertiary/aromatic N) is 3. The molecule has 1 aromatic carbocycles. The lowest BCUT2D eigenvalue weighted by Crippen LogP contribution is -2.26. The van der Waals surface area contributed by atoms with Crippen LogP contribution in [0.25, 0.3) is 22.2 Å². The van der Waals surface area contributed by atoms with Gasteiger partial charge in [-0.05, 0) is 63.6 Å². The number of aryl methyl sites for hydroxylation is 2. The third-order valence-corrected chi connectivity index (χ3v) is 6.38. The van der Waals surface area contributed by atoms with Crippen molar-refractivity contribution in [1.29, 1.82) is 0 Å². The standard InChI is InChI=1S/C22H26N4O3/c1-12-21(13(2)29-25-12)14-3-9-19-18(11-14)24-22(17-8-10-20(28)23-17)26(19)15-4-6-16(27)7-5-15/h3,9,11,15-17,27H,4-8,10H2,1-2H3,(H,23,28)/t15?,16?,17-/m0/s1. The normalized spacial score (nSPS) is 24.9. The molecule has 2 fully saturated rings. The lowest BCUT2D eigenvalue weighted by Gasteiger charge is -2.29. The molecule has 2 aromatic heterocycles. The quantitative estimate of drug-likeness (QED) is 0.706. The zero-order chi connectivity index (χ0) is 20.1. The van der Waals surface area contributed by atoms with Gasteiger partial charge in [-0.15, -0.1) is 0 Å². The highest BCUT2D eigenvalue weighted by Crippen LogP contribution is 2.38. The summed E-state index contributed by atoms with van der Waals surface area (Å²) in [5.41, 5.74) is 4.92. The molecule has 1 aliphatic carbocycles. The molecule has 0 radical (unpaired) electrons. The van der Waals surface area contributed by atoms with E-state index in [0.29, 0.717) is 12.5 Å². The first-order valence-electron chi connectivity index (χ1n) is 10.4. The van der Waals surface area contributed by atoms with Crippen LogP contribution in [0, 0.1) is 13.8 Å². The molecule has 152 valence electrons. The Balaban J connectivity index is 1.63. The average Bonchev–Trinajstić information content (AvgIpc) is 3.39. The third-order valence-electron chi connectivity index (χ3n) is 6.38. The van der Waals surface area contributed by atoms with Gasteiger partial charge in [-0.25, -0.2) is 4.98 Å². The van der Waals surface area contributed by atoms with Crippen LogP contribution in [0.3, 0.4) is 0 Å². The molecular weight excluding hydrogens is 368 g/mol. The molecule has 2 aliphatic rings. The summed E-state index contributed by atoms with van der Waals surface area (Å²) in [5, 5.41) is 17.1. The van der Waals surface area contributed by atoms with Gasteiger partial charge in [0, 0.05) is 18.0 Å². The molecule has 1 amide bonds. The predicted molar refractivity (Wildman–Crippen MR) is 108 cm³/mol. The van der Waals surface area contributed by atoms with E-state index in [1.165, 1.54) is 0 Å².